The van der Waals surface area contributed by atoms with Crippen LogP contribution in [-0.2, 0) is 7.05 Å². The largest absolute Gasteiger partial charge is 1.00 e. The molecular formula is C25H25IN2OS. The normalized spacial score (nSPS) is 10.9. The number of aromatic nitrogens is 1. The number of aryl methyl sites for hydroxylation is 1. The zero-order valence-corrected chi connectivity index (χ0v) is 20.4. The Morgan fingerprint density at radius 2 is 1.53 bits per heavy atom. The summed E-state index contributed by atoms with van der Waals surface area (Å²) in [7, 11) is 3.81. The molecule has 4 aromatic rings. The summed E-state index contributed by atoms with van der Waals surface area (Å²) in [5.41, 5.74) is 4.80. The molecule has 3 aromatic carbocycles. The molecule has 0 spiro atoms. The second-order valence-corrected chi connectivity index (χ2v) is 7.90. The van der Waals surface area contributed by atoms with Crippen molar-refractivity contribution in [3.8, 4) is 5.75 Å². The number of ether oxygens (including phenoxy) is 1. The first-order chi connectivity index (χ1) is 14.2. The fourth-order valence-corrected chi connectivity index (χ4v) is 4.53. The fraction of sp³-hybridized carbons (Fsp3) is 0.160. The number of nitrogens with zero attached hydrogens (tertiary/aromatic N) is 2. The molecule has 154 valence electrons. The molecule has 5 heteroatoms. The van der Waals surface area contributed by atoms with E-state index in [2.05, 4.69) is 96.3 Å². The van der Waals surface area contributed by atoms with Crippen molar-refractivity contribution in [2.75, 3.05) is 18.6 Å². The van der Waals surface area contributed by atoms with E-state index in [1.54, 1.807) is 7.11 Å². The minimum atomic E-state index is 0. The molecule has 0 N–H and O–H groups in total. The Morgan fingerprint density at radius 3 is 2.13 bits per heavy atom. The lowest BCUT2D eigenvalue weighted by atomic mass is 10.1. The molecule has 0 amide bonds. The molecule has 3 nitrogen and oxygen atoms in total. The molecule has 0 aliphatic heterocycles. The first-order valence-corrected chi connectivity index (χ1v) is 10.6. The maximum absolute atomic E-state index is 5.27. The van der Waals surface area contributed by atoms with E-state index >= 15 is 0 Å². The lowest BCUT2D eigenvalue weighted by Crippen LogP contribution is -3.00. The zero-order chi connectivity index (χ0) is 20.2. The van der Waals surface area contributed by atoms with Crippen molar-refractivity contribution in [3.05, 3.63) is 83.4 Å². The van der Waals surface area contributed by atoms with E-state index in [-0.39, 0.29) is 24.0 Å². The average molecular weight is 528 g/mol. The smallest absolute Gasteiger partial charge is 0.262 e. The first-order valence-electron chi connectivity index (χ1n) is 9.77. The SMILES string of the molecule is CCN(c1ccc(/C=C/c2sc3ccccc3[n+]2C)cc1)c1ccc(OC)cc1.[I-]. The van der Waals surface area contributed by atoms with Gasteiger partial charge < -0.3 is 33.6 Å². The van der Waals surface area contributed by atoms with Gasteiger partial charge in [0.25, 0.3) is 5.01 Å². The van der Waals surface area contributed by atoms with Crippen LogP contribution in [0.4, 0.5) is 11.4 Å². The summed E-state index contributed by atoms with van der Waals surface area (Å²) in [5.74, 6) is 0.875. The molecule has 0 unspecified atom stereocenters. The number of methoxy groups -OCH3 is 1. The van der Waals surface area contributed by atoms with Crippen LogP contribution in [0, 0.1) is 0 Å². The van der Waals surface area contributed by atoms with Crippen molar-refractivity contribution in [1.29, 1.82) is 0 Å². The van der Waals surface area contributed by atoms with E-state index in [0.29, 0.717) is 0 Å². The summed E-state index contributed by atoms with van der Waals surface area (Å²) in [5, 5.41) is 1.24. The molecule has 0 saturated heterocycles. The van der Waals surface area contributed by atoms with Crippen LogP contribution < -0.4 is 38.2 Å². The summed E-state index contributed by atoms with van der Waals surface area (Å²) in [4.78, 5) is 2.29. The maximum atomic E-state index is 5.27. The number of hydrogen-bond acceptors (Lipinski definition) is 3. The molecule has 30 heavy (non-hydrogen) atoms. The van der Waals surface area contributed by atoms with Crippen molar-refractivity contribution >= 4 is 45.1 Å². The number of thiazole rings is 1. The average Bonchev–Trinajstić information content (AvgIpc) is 3.10. The van der Waals surface area contributed by atoms with Gasteiger partial charge in [-0.25, -0.2) is 0 Å². The highest BCUT2D eigenvalue weighted by Crippen LogP contribution is 2.28. The number of para-hydroxylation sites is 1. The molecule has 0 saturated carbocycles. The molecule has 0 fully saturated rings. The third kappa shape index (κ3) is 4.68. The predicted octanol–water partition coefficient (Wildman–Crippen LogP) is 3.07. The number of halogens is 1. The number of anilines is 2. The van der Waals surface area contributed by atoms with Crippen LogP contribution in [0.5, 0.6) is 5.75 Å². The van der Waals surface area contributed by atoms with E-state index in [9.17, 15) is 0 Å². The molecule has 4 rings (SSSR count). The molecule has 1 aromatic heterocycles. The van der Waals surface area contributed by atoms with Gasteiger partial charge in [-0.2, -0.15) is 4.57 Å². The highest BCUT2D eigenvalue weighted by molar-refractivity contribution is 7.18. The zero-order valence-electron chi connectivity index (χ0n) is 17.4. The van der Waals surface area contributed by atoms with Gasteiger partial charge in [-0.3, -0.25) is 0 Å². The molecule has 0 radical (unpaired) electrons. The van der Waals surface area contributed by atoms with E-state index < -0.39 is 0 Å². The topological polar surface area (TPSA) is 16.4 Å². The van der Waals surface area contributed by atoms with Crippen LogP contribution in [0.3, 0.4) is 0 Å². The van der Waals surface area contributed by atoms with E-state index in [1.807, 2.05) is 23.5 Å². The first kappa shape index (κ1) is 22.3. The fourth-order valence-electron chi connectivity index (χ4n) is 3.48. The Morgan fingerprint density at radius 1 is 0.900 bits per heavy atom. The van der Waals surface area contributed by atoms with Gasteiger partial charge in [0.1, 0.15) is 17.5 Å². The summed E-state index contributed by atoms with van der Waals surface area (Å²) in [6.07, 6.45) is 4.37. The quantitative estimate of drug-likeness (QED) is 0.283. The van der Waals surface area contributed by atoms with Gasteiger partial charge in [0.2, 0.25) is 5.52 Å². The van der Waals surface area contributed by atoms with Crippen LogP contribution >= 0.6 is 11.3 Å². The Hall–Kier alpha value is -2.38. The molecule has 1 heterocycles. The van der Waals surface area contributed by atoms with Crippen molar-refractivity contribution in [2.45, 2.75) is 6.92 Å². The minimum absolute atomic E-state index is 0. The van der Waals surface area contributed by atoms with E-state index in [4.69, 9.17) is 4.74 Å². The van der Waals surface area contributed by atoms with Crippen LogP contribution in [0.15, 0.2) is 72.8 Å². The standard InChI is InChI=1S/C25H25N2OS.HI/c1-4-27(21-14-16-22(28-3)17-15-21)20-12-9-19(10-13-20)11-18-25-26(2)23-7-5-6-8-24(23)29-25;/h5-18H,4H2,1-3H3;1H/q+1;/p-1. The second kappa shape index (κ2) is 10.1. The van der Waals surface area contributed by atoms with Gasteiger partial charge in [-0.05, 0) is 61.0 Å². The lowest BCUT2D eigenvalue weighted by Gasteiger charge is -2.23. The van der Waals surface area contributed by atoms with Crippen LogP contribution in [0.2, 0.25) is 0 Å². The maximum Gasteiger partial charge on any atom is 0.262 e. The highest BCUT2D eigenvalue weighted by Gasteiger charge is 2.13. The van der Waals surface area contributed by atoms with Gasteiger partial charge in [0.05, 0.1) is 7.11 Å². The van der Waals surface area contributed by atoms with Crippen molar-refractivity contribution in [1.82, 2.24) is 0 Å². The summed E-state index contributed by atoms with van der Waals surface area (Å²) >= 11 is 1.81. The third-order valence-corrected chi connectivity index (χ3v) is 6.28. The van der Waals surface area contributed by atoms with Gasteiger partial charge in [-0.1, -0.05) is 35.6 Å². The van der Waals surface area contributed by atoms with E-state index in [1.165, 1.54) is 26.5 Å². The summed E-state index contributed by atoms with van der Waals surface area (Å²) in [6.45, 7) is 3.07. The van der Waals surface area contributed by atoms with Gasteiger partial charge >= 0.3 is 0 Å². The minimum Gasteiger partial charge on any atom is -1.00 e. The van der Waals surface area contributed by atoms with Crippen molar-refractivity contribution < 1.29 is 33.3 Å². The Labute approximate surface area is 199 Å². The van der Waals surface area contributed by atoms with Gasteiger partial charge in [0, 0.05) is 30.1 Å². The molecule has 0 aliphatic carbocycles. The summed E-state index contributed by atoms with van der Waals surface area (Å²) < 4.78 is 8.82. The number of fused-ring (bicyclic) bond motifs is 1. The Kier molecular flexibility index (Phi) is 7.50. The van der Waals surface area contributed by atoms with Crippen molar-refractivity contribution in [2.24, 2.45) is 7.05 Å². The van der Waals surface area contributed by atoms with Gasteiger partial charge in [0.15, 0.2) is 0 Å². The number of rotatable bonds is 6. The third-order valence-electron chi connectivity index (χ3n) is 5.10. The molecule has 0 atom stereocenters. The second-order valence-electron chi connectivity index (χ2n) is 6.83. The van der Waals surface area contributed by atoms with Crippen molar-refractivity contribution in [3.63, 3.8) is 0 Å². The highest BCUT2D eigenvalue weighted by atomic mass is 127. The van der Waals surface area contributed by atoms with Gasteiger partial charge in [-0.15, -0.1) is 0 Å². The molecule has 0 aliphatic rings. The lowest BCUT2D eigenvalue weighted by molar-refractivity contribution is -0.642. The predicted molar refractivity (Wildman–Crippen MR) is 124 cm³/mol. The van der Waals surface area contributed by atoms with E-state index in [0.717, 1.165) is 18.0 Å². The molecular weight excluding hydrogens is 503 g/mol. The number of hydrogen-bond donors (Lipinski definition) is 0. The number of benzene rings is 3. The van der Waals surface area contributed by atoms with Crippen LogP contribution in [0.25, 0.3) is 22.4 Å². The molecule has 0 bridgehead atoms. The Bertz CT molecular complexity index is 1130. The summed E-state index contributed by atoms with van der Waals surface area (Å²) in [6, 6.07) is 25.4. The van der Waals surface area contributed by atoms with Crippen LogP contribution in [0.1, 0.15) is 17.5 Å². The Balaban J connectivity index is 0.00000256. The monoisotopic (exact) mass is 528 g/mol. The van der Waals surface area contributed by atoms with Crippen LogP contribution in [-0.4, -0.2) is 13.7 Å².